The zero-order chi connectivity index (χ0) is 23.7. The molecule has 0 aromatic heterocycles. The van der Waals surface area contributed by atoms with Crippen LogP contribution in [0.4, 0.5) is 13.2 Å². The Bertz CT molecular complexity index is 717. The molecule has 1 aliphatic rings. The summed E-state index contributed by atoms with van der Waals surface area (Å²) in [7, 11) is 1.49. The molecular weight excluding hydrogens is 429 g/mol. The summed E-state index contributed by atoms with van der Waals surface area (Å²) in [5.74, 6) is -0.515. The number of aliphatic hydroxyl groups is 1. The molecule has 1 amide bonds. The van der Waals surface area contributed by atoms with Crippen molar-refractivity contribution in [3.63, 3.8) is 0 Å². The first kappa shape index (κ1) is 26.5. The second-order valence-electron chi connectivity index (χ2n) is 8.11. The zero-order valence-electron chi connectivity index (χ0n) is 18.8. The molecule has 32 heavy (non-hydrogen) atoms. The molecule has 1 N–H and O–H groups in total. The maximum atomic E-state index is 13.1. The molecule has 0 saturated carbocycles. The molecule has 10 heteroatoms. The van der Waals surface area contributed by atoms with E-state index in [-0.39, 0.29) is 44.1 Å². The van der Waals surface area contributed by atoms with Gasteiger partial charge in [-0.2, -0.15) is 13.2 Å². The second-order valence-corrected chi connectivity index (χ2v) is 8.11. The summed E-state index contributed by atoms with van der Waals surface area (Å²) in [6.45, 7) is 6.64. The van der Waals surface area contributed by atoms with Gasteiger partial charge in [0, 0.05) is 45.4 Å². The van der Waals surface area contributed by atoms with Crippen molar-refractivity contribution in [3.05, 3.63) is 35.4 Å². The van der Waals surface area contributed by atoms with Crippen molar-refractivity contribution >= 4 is 5.91 Å². The van der Waals surface area contributed by atoms with Gasteiger partial charge in [0.15, 0.2) is 0 Å². The number of nitrogens with zero attached hydrogens (tertiary/aromatic N) is 2. The number of ether oxygens (including phenoxy) is 3. The van der Waals surface area contributed by atoms with E-state index in [4.69, 9.17) is 14.2 Å². The fourth-order valence-electron chi connectivity index (χ4n) is 3.45. The van der Waals surface area contributed by atoms with Gasteiger partial charge in [-0.15, -0.1) is 0 Å². The van der Waals surface area contributed by atoms with Gasteiger partial charge in [-0.25, -0.2) is 0 Å². The van der Waals surface area contributed by atoms with E-state index in [0.29, 0.717) is 26.2 Å². The molecule has 1 fully saturated rings. The molecule has 0 bridgehead atoms. The predicted molar refractivity (Wildman–Crippen MR) is 112 cm³/mol. The van der Waals surface area contributed by atoms with Crippen LogP contribution >= 0.6 is 0 Å². The van der Waals surface area contributed by atoms with Gasteiger partial charge in [0.25, 0.3) is 5.91 Å². The Kier molecular flexibility index (Phi) is 10.4. The molecule has 0 unspecified atom stereocenters. The van der Waals surface area contributed by atoms with Gasteiger partial charge in [-0.1, -0.05) is 6.07 Å². The molecule has 1 aliphatic heterocycles. The number of amides is 1. The van der Waals surface area contributed by atoms with Crippen molar-refractivity contribution in [2.75, 3.05) is 59.7 Å². The first-order valence-electron chi connectivity index (χ1n) is 10.7. The molecule has 0 radical (unpaired) electrons. The number of carbonyl (C=O) groups is 1. The first-order chi connectivity index (χ1) is 15.1. The van der Waals surface area contributed by atoms with E-state index >= 15 is 0 Å². The molecule has 1 aromatic carbocycles. The van der Waals surface area contributed by atoms with Gasteiger partial charge in [0.2, 0.25) is 0 Å². The Morgan fingerprint density at radius 3 is 2.78 bits per heavy atom. The molecule has 0 aliphatic carbocycles. The summed E-state index contributed by atoms with van der Waals surface area (Å²) < 4.78 is 55.5. The highest BCUT2D eigenvalue weighted by molar-refractivity contribution is 5.94. The quantitative estimate of drug-likeness (QED) is 0.544. The summed E-state index contributed by atoms with van der Waals surface area (Å²) >= 11 is 0. The van der Waals surface area contributed by atoms with Gasteiger partial charge >= 0.3 is 6.18 Å². The van der Waals surface area contributed by atoms with Crippen LogP contribution < -0.4 is 0 Å². The van der Waals surface area contributed by atoms with E-state index in [0.717, 1.165) is 12.1 Å². The van der Waals surface area contributed by atoms with Crippen LogP contribution in [0.5, 0.6) is 0 Å². The molecule has 1 heterocycles. The fraction of sp³-hybridized carbons (Fsp3) is 0.682. The topological polar surface area (TPSA) is 71.5 Å². The summed E-state index contributed by atoms with van der Waals surface area (Å²) in [5.41, 5.74) is -0.905. The molecule has 1 aromatic rings. The van der Waals surface area contributed by atoms with Crippen molar-refractivity contribution < 1.29 is 37.3 Å². The van der Waals surface area contributed by atoms with E-state index in [9.17, 15) is 23.1 Å². The van der Waals surface area contributed by atoms with Crippen LogP contribution in [0, 0.1) is 0 Å². The van der Waals surface area contributed by atoms with Crippen molar-refractivity contribution in [1.29, 1.82) is 0 Å². The molecule has 1 saturated heterocycles. The highest BCUT2D eigenvalue weighted by Crippen LogP contribution is 2.29. The van der Waals surface area contributed by atoms with Crippen molar-refractivity contribution in [3.8, 4) is 0 Å². The Labute approximate surface area is 187 Å². The number of benzene rings is 1. The van der Waals surface area contributed by atoms with Crippen LogP contribution in [0.15, 0.2) is 24.3 Å². The SMILES string of the molecule is COCCN(C[C@@H]1CN(C[C@H](O)COC(C)C)CCO1)C(=O)c1cccc(C(F)(F)F)c1. The summed E-state index contributed by atoms with van der Waals surface area (Å²) in [4.78, 5) is 16.5. The van der Waals surface area contributed by atoms with E-state index in [1.54, 1.807) is 0 Å². The number of morpholine rings is 1. The average Bonchev–Trinajstić information content (AvgIpc) is 2.74. The summed E-state index contributed by atoms with van der Waals surface area (Å²) in [6, 6.07) is 4.40. The summed E-state index contributed by atoms with van der Waals surface area (Å²) in [5, 5.41) is 10.2. The number of halogens is 3. The van der Waals surface area contributed by atoms with Crippen molar-refractivity contribution in [1.82, 2.24) is 9.80 Å². The Balaban J connectivity index is 2.02. The molecule has 2 atom stereocenters. The molecule has 0 spiro atoms. The third-order valence-electron chi connectivity index (χ3n) is 5.03. The maximum Gasteiger partial charge on any atom is 0.416 e. The number of aliphatic hydroxyl groups excluding tert-OH is 1. The fourth-order valence-corrected chi connectivity index (χ4v) is 3.45. The first-order valence-corrected chi connectivity index (χ1v) is 10.7. The Morgan fingerprint density at radius 1 is 1.38 bits per heavy atom. The monoisotopic (exact) mass is 462 g/mol. The van der Waals surface area contributed by atoms with Crippen molar-refractivity contribution in [2.45, 2.75) is 38.3 Å². The van der Waals surface area contributed by atoms with Crippen LogP contribution in [0.25, 0.3) is 0 Å². The third kappa shape index (κ3) is 8.67. The van der Waals surface area contributed by atoms with Gasteiger partial charge < -0.3 is 24.2 Å². The Morgan fingerprint density at radius 2 is 2.12 bits per heavy atom. The van der Waals surface area contributed by atoms with Gasteiger partial charge in [-0.05, 0) is 32.0 Å². The highest BCUT2D eigenvalue weighted by atomic mass is 19.4. The number of carbonyl (C=O) groups excluding carboxylic acids is 1. The Hall–Kier alpha value is -1.72. The van der Waals surface area contributed by atoms with Crippen LogP contribution in [-0.4, -0.2) is 98.8 Å². The second kappa shape index (κ2) is 12.5. The number of hydrogen-bond donors (Lipinski definition) is 1. The molecule has 2 rings (SSSR count). The normalized spacial score (nSPS) is 18.7. The van der Waals surface area contributed by atoms with E-state index in [1.165, 1.54) is 24.1 Å². The molecule has 7 nitrogen and oxygen atoms in total. The standard InChI is InChI=1S/C22H33F3N2O5/c1-16(2)32-15-19(28)12-26-7-10-31-20(13-26)14-27(8-9-30-3)21(29)17-5-4-6-18(11-17)22(23,24)25/h4-6,11,16,19-20,28H,7-10,12-15H2,1-3H3/t19-,20-/m0/s1. The van der Waals surface area contributed by atoms with Crippen molar-refractivity contribution in [2.24, 2.45) is 0 Å². The van der Waals surface area contributed by atoms with E-state index < -0.39 is 23.8 Å². The van der Waals surface area contributed by atoms with Crippen LogP contribution in [0.3, 0.4) is 0 Å². The van der Waals surface area contributed by atoms with E-state index in [1.807, 2.05) is 18.7 Å². The van der Waals surface area contributed by atoms with Crippen LogP contribution in [-0.2, 0) is 20.4 Å². The zero-order valence-corrected chi connectivity index (χ0v) is 18.8. The van der Waals surface area contributed by atoms with Gasteiger partial charge in [0.1, 0.15) is 0 Å². The lowest BCUT2D eigenvalue weighted by Crippen LogP contribution is -2.51. The lowest BCUT2D eigenvalue weighted by atomic mass is 10.1. The minimum absolute atomic E-state index is 0.0262. The lowest BCUT2D eigenvalue weighted by molar-refractivity contribution is -0.137. The van der Waals surface area contributed by atoms with Gasteiger partial charge in [0.05, 0.1) is 43.7 Å². The lowest BCUT2D eigenvalue weighted by Gasteiger charge is -2.36. The average molecular weight is 463 g/mol. The largest absolute Gasteiger partial charge is 0.416 e. The van der Waals surface area contributed by atoms with Crippen LogP contribution in [0.2, 0.25) is 0 Å². The maximum absolute atomic E-state index is 13.1. The van der Waals surface area contributed by atoms with Crippen LogP contribution in [0.1, 0.15) is 29.8 Å². The van der Waals surface area contributed by atoms with E-state index in [2.05, 4.69) is 0 Å². The number of β-amino-alcohol motifs (C(OH)–C–C–N with tert-alkyl or cyclic N) is 1. The minimum Gasteiger partial charge on any atom is -0.389 e. The smallest absolute Gasteiger partial charge is 0.389 e. The number of hydrogen-bond acceptors (Lipinski definition) is 6. The number of rotatable bonds is 11. The summed E-state index contributed by atoms with van der Waals surface area (Å²) in [6.07, 6.45) is -5.49. The molecule has 182 valence electrons. The number of methoxy groups -OCH3 is 1. The number of alkyl halides is 3. The highest BCUT2D eigenvalue weighted by Gasteiger charge is 2.32. The predicted octanol–water partition coefficient (Wildman–Crippen LogP) is 2.28. The minimum atomic E-state index is -4.53. The molecular formula is C22H33F3N2O5. The third-order valence-corrected chi connectivity index (χ3v) is 5.03. The van der Waals surface area contributed by atoms with Gasteiger partial charge in [-0.3, -0.25) is 9.69 Å².